The number of anilines is 1. The number of hydrogen-bond acceptors (Lipinski definition) is 4. The van der Waals surface area contributed by atoms with Gasteiger partial charge in [0.05, 0.1) is 24.5 Å². The first-order valence-corrected chi connectivity index (χ1v) is 9.23. The van der Waals surface area contributed by atoms with E-state index in [4.69, 9.17) is 16.3 Å². The zero-order chi connectivity index (χ0) is 19.0. The van der Waals surface area contributed by atoms with E-state index >= 15 is 0 Å². The van der Waals surface area contributed by atoms with Crippen LogP contribution in [-0.4, -0.2) is 43.0 Å². The van der Waals surface area contributed by atoms with Gasteiger partial charge in [0.1, 0.15) is 5.70 Å². The molecule has 0 spiro atoms. The summed E-state index contributed by atoms with van der Waals surface area (Å²) in [4.78, 5) is 29.9. The number of morpholine rings is 1. The Balaban J connectivity index is 1.84. The molecule has 0 aliphatic carbocycles. The van der Waals surface area contributed by atoms with Gasteiger partial charge in [0.15, 0.2) is 0 Å². The van der Waals surface area contributed by atoms with Crippen molar-refractivity contribution in [2.45, 2.75) is 6.92 Å². The van der Waals surface area contributed by atoms with E-state index in [1.807, 2.05) is 42.2 Å². The number of amides is 2. The number of hydrogen-bond donors (Lipinski definition) is 0. The van der Waals surface area contributed by atoms with E-state index in [0.717, 1.165) is 11.1 Å². The number of carbonyl (C=O) groups excluding carboxylic acids is 2. The lowest BCUT2D eigenvalue weighted by Gasteiger charge is -2.29. The summed E-state index contributed by atoms with van der Waals surface area (Å²) in [5, 5.41) is 0.569. The average molecular weight is 383 g/mol. The highest BCUT2D eigenvalue weighted by Gasteiger charge is 2.43. The minimum atomic E-state index is -0.307. The summed E-state index contributed by atoms with van der Waals surface area (Å²) in [7, 11) is 0. The Bertz CT molecular complexity index is 934. The number of nitrogens with zero attached hydrogens (tertiary/aromatic N) is 2. The lowest BCUT2D eigenvalue weighted by Crippen LogP contribution is -2.40. The first-order chi connectivity index (χ1) is 13.1. The molecule has 138 valence electrons. The van der Waals surface area contributed by atoms with Crippen molar-refractivity contribution in [1.82, 2.24) is 4.90 Å². The third kappa shape index (κ3) is 3.13. The molecule has 2 aromatic rings. The molecule has 4 rings (SSSR count). The fraction of sp³-hybridized carbons (Fsp3) is 0.238. The van der Waals surface area contributed by atoms with Crippen LogP contribution in [0.1, 0.15) is 11.1 Å². The van der Waals surface area contributed by atoms with Crippen molar-refractivity contribution in [2.24, 2.45) is 0 Å². The molecule has 2 aliphatic rings. The van der Waals surface area contributed by atoms with Crippen LogP contribution in [0.4, 0.5) is 5.69 Å². The van der Waals surface area contributed by atoms with Gasteiger partial charge in [0, 0.05) is 18.1 Å². The third-order valence-corrected chi connectivity index (χ3v) is 5.08. The Labute approximate surface area is 162 Å². The molecular weight excluding hydrogens is 364 g/mol. The second kappa shape index (κ2) is 7.18. The molecule has 27 heavy (non-hydrogen) atoms. The maximum absolute atomic E-state index is 13.4. The molecule has 1 fully saturated rings. The molecule has 0 bridgehead atoms. The Morgan fingerprint density at radius 2 is 1.67 bits per heavy atom. The molecule has 0 radical (unpaired) electrons. The average Bonchev–Trinajstić information content (AvgIpc) is 2.94. The van der Waals surface area contributed by atoms with Crippen LogP contribution in [0.25, 0.3) is 5.57 Å². The minimum Gasteiger partial charge on any atom is -0.378 e. The van der Waals surface area contributed by atoms with Crippen LogP contribution in [0, 0.1) is 6.92 Å². The van der Waals surface area contributed by atoms with Gasteiger partial charge in [0.2, 0.25) is 0 Å². The van der Waals surface area contributed by atoms with E-state index in [-0.39, 0.29) is 11.8 Å². The van der Waals surface area contributed by atoms with Crippen LogP contribution >= 0.6 is 11.6 Å². The molecular formula is C21H19ClN2O3. The van der Waals surface area contributed by atoms with E-state index in [0.29, 0.717) is 48.3 Å². The Morgan fingerprint density at radius 3 is 2.33 bits per heavy atom. The number of halogens is 1. The highest BCUT2D eigenvalue weighted by molar-refractivity contribution is 6.45. The van der Waals surface area contributed by atoms with E-state index < -0.39 is 0 Å². The quantitative estimate of drug-likeness (QED) is 0.764. The number of ether oxygens (including phenoxy) is 1. The van der Waals surface area contributed by atoms with E-state index in [1.165, 1.54) is 4.90 Å². The second-order valence-corrected chi connectivity index (χ2v) is 7.00. The number of imide groups is 1. The standard InChI is InChI=1S/C21H19ClN2O3/c1-14-13-16(22)7-8-17(14)24-20(25)18(15-5-3-2-4-6-15)19(21(24)26)23-9-11-27-12-10-23/h2-8,13H,9-12H2,1H3. The van der Waals surface area contributed by atoms with E-state index in [1.54, 1.807) is 18.2 Å². The molecule has 2 heterocycles. The molecule has 0 N–H and O–H groups in total. The smallest absolute Gasteiger partial charge is 0.282 e. The normalized spacial score (nSPS) is 17.9. The molecule has 0 saturated carbocycles. The van der Waals surface area contributed by atoms with Crippen LogP contribution in [0.2, 0.25) is 5.02 Å². The van der Waals surface area contributed by atoms with Gasteiger partial charge >= 0.3 is 0 Å². The molecule has 1 saturated heterocycles. The van der Waals surface area contributed by atoms with Crippen LogP contribution in [0.3, 0.4) is 0 Å². The van der Waals surface area contributed by atoms with Crippen molar-refractivity contribution in [1.29, 1.82) is 0 Å². The number of carbonyl (C=O) groups is 2. The predicted molar refractivity (Wildman–Crippen MR) is 104 cm³/mol. The molecule has 0 aromatic heterocycles. The molecule has 2 aromatic carbocycles. The maximum atomic E-state index is 13.4. The van der Waals surface area contributed by atoms with Crippen molar-refractivity contribution in [3.8, 4) is 0 Å². The third-order valence-electron chi connectivity index (χ3n) is 4.85. The van der Waals surface area contributed by atoms with Gasteiger partial charge in [-0.2, -0.15) is 0 Å². The molecule has 2 aliphatic heterocycles. The topological polar surface area (TPSA) is 49.9 Å². The summed E-state index contributed by atoms with van der Waals surface area (Å²) >= 11 is 6.05. The van der Waals surface area contributed by atoms with Gasteiger partial charge in [-0.25, -0.2) is 4.90 Å². The summed E-state index contributed by atoms with van der Waals surface area (Å²) in [6.07, 6.45) is 0. The zero-order valence-corrected chi connectivity index (χ0v) is 15.7. The predicted octanol–water partition coefficient (Wildman–Crippen LogP) is 3.27. The SMILES string of the molecule is Cc1cc(Cl)ccc1N1C(=O)C(c2ccccc2)=C(N2CCOCC2)C1=O. The lowest BCUT2D eigenvalue weighted by atomic mass is 10.0. The largest absolute Gasteiger partial charge is 0.378 e. The summed E-state index contributed by atoms with van der Waals surface area (Å²) in [5.41, 5.74) is 2.97. The van der Waals surface area contributed by atoms with Gasteiger partial charge in [0.25, 0.3) is 11.8 Å². The first kappa shape index (κ1) is 17.8. The molecule has 6 heteroatoms. The molecule has 0 atom stereocenters. The molecule has 2 amide bonds. The molecule has 0 unspecified atom stereocenters. The Hall–Kier alpha value is -2.63. The highest BCUT2D eigenvalue weighted by Crippen LogP contribution is 2.36. The molecule has 5 nitrogen and oxygen atoms in total. The zero-order valence-electron chi connectivity index (χ0n) is 14.9. The van der Waals surface area contributed by atoms with Crippen LogP contribution < -0.4 is 4.90 Å². The van der Waals surface area contributed by atoms with Gasteiger partial charge in [-0.1, -0.05) is 41.9 Å². The fourth-order valence-electron chi connectivity index (χ4n) is 3.55. The second-order valence-electron chi connectivity index (χ2n) is 6.57. The summed E-state index contributed by atoms with van der Waals surface area (Å²) < 4.78 is 5.42. The minimum absolute atomic E-state index is 0.300. The van der Waals surface area contributed by atoms with Gasteiger partial charge in [-0.3, -0.25) is 9.59 Å². The number of rotatable bonds is 3. The van der Waals surface area contributed by atoms with Gasteiger partial charge in [-0.05, 0) is 36.2 Å². The van der Waals surface area contributed by atoms with Crippen LogP contribution in [0.15, 0.2) is 54.2 Å². The first-order valence-electron chi connectivity index (χ1n) is 8.85. The fourth-order valence-corrected chi connectivity index (χ4v) is 3.78. The van der Waals surface area contributed by atoms with Crippen molar-refractivity contribution < 1.29 is 14.3 Å². The Kier molecular flexibility index (Phi) is 4.72. The van der Waals surface area contributed by atoms with Crippen molar-refractivity contribution in [2.75, 3.05) is 31.2 Å². The Morgan fingerprint density at radius 1 is 0.963 bits per heavy atom. The monoisotopic (exact) mass is 382 g/mol. The summed E-state index contributed by atoms with van der Waals surface area (Å²) in [5.74, 6) is -0.607. The number of benzene rings is 2. The van der Waals surface area contributed by atoms with E-state index in [9.17, 15) is 9.59 Å². The lowest BCUT2D eigenvalue weighted by molar-refractivity contribution is -0.121. The van der Waals surface area contributed by atoms with E-state index in [2.05, 4.69) is 0 Å². The van der Waals surface area contributed by atoms with Crippen molar-refractivity contribution in [3.63, 3.8) is 0 Å². The summed E-state index contributed by atoms with van der Waals surface area (Å²) in [6.45, 7) is 4.08. The highest BCUT2D eigenvalue weighted by atomic mass is 35.5. The van der Waals surface area contributed by atoms with Crippen molar-refractivity contribution in [3.05, 3.63) is 70.4 Å². The summed E-state index contributed by atoms with van der Waals surface area (Å²) in [6, 6.07) is 14.5. The number of aryl methyl sites for hydroxylation is 1. The van der Waals surface area contributed by atoms with Crippen LogP contribution in [-0.2, 0) is 14.3 Å². The van der Waals surface area contributed by atoms with Crippen molar-refractivity contribution >= 4 is 34.7 Å². The maximum Gasteiger partial charge on any atom is 0.282 e. The van der Waals surface area contributed by atoms with Crippen LogP contribution in [0.5, 0.6) is 0 Å². The van der Waals surface area contributed by atoms with Gasteiger partial charge in [-0.15, -0.1) is 0 Å². The van der Waals surface area contributed by atoms with Gasteiger partial charge < -0.3 is 9.64 Å².